The van der Waals surface area contributed by atoms with Crippen LogP contribution in [0.5, 0.6) is 0 Å². The van der Waals surface area contributed by atoms with E-state index in [2.05, 4.69) is 38.1 Å². The van der Waals surface area contributed by atoms with Crippen LogP contribution in [0.1, 0.15) is 50.2 Å². The third-order valence-electron chi connectivity index (χ3n) is 6.67. The molecule has 1 aromatic rings. The Labute approximate surface area is 122 Å². The van der Waals surface area contributed by atoms with E-state index in [4.69, 9.17) is 5.73 Å². The van der Waals surface area contributed by atoms with Crippen LogP contribution in [0.25, 0.3) is 0 Å². The second kappa shape index (κ2) is 4.34. The summed E-state index contributed by atoms with van der Waals surface area (Å²) in [5, 5.41) is 0. The predicted octanol–water partition coefficient (Wildman–Crippen LogP) is 4.04. The summed E-state index contributed by atoms with van der Waals surface area (Å²) < 4.78 is 0. The standard InChI is InChI=1S/C19H27N/c1-12-5-3-4-6-17(12)19-9-14-7-15(10-19)18(13(2)20)16(8-14)11-19/h3-6,13-16,18H,7-11,20H2,1-2H3. The number of aryl methyl sites for hydroxylation is 1. The number of nitrogens with two attached hydrogens (primary N) is 1. The van der Waals surface area contributed by atoms with Crippen LogP contribution in [-0.2, 0) is 5.41 Å². The lowest BCUT2D eigenvalue weighted by Gasteiger charge is -2.61. The van der Waals surface area contributed by atoms with Crippen molar-refractivity contribution >= 4 is 0 Å². The Hall–Kier alpha value is -0.820. The molecule has 4 aliphatic rings. The van der Waals surface area contributed by atoms with E-state index in [-0.39, 0.29) is 0 Å². The minimum Gasteiger partial charge on any atom is -0.328 e. The Balaban J connectivity index is 1.74. The van der Waals surface area contributed by atoms with Crippen LogP contribution < -0.4 is 5.73 Å². The van der Waals surface area contributed by atoms with Gasteiger partial charge in [-0.15, -0.1) is 0 Å². The highest BCUT2D eigenvalue weighted by atomic mass is 14.7. The van der Waals surface area contributed by atoms with E-state index in [9.17, 15) is 0 Å². The first-order valence-corrected chi connectivity index (χ1v) is 8.41. The van der Waals surface area contributed by atoms with Gasteiger partial charge in [0.1, 0.15) is 0 Å². The zero-order chi connectivity index (χ0) is 13.9. The van der Waals surface area contributed by atoms with Gasteiger partial charge in [0.15, 0.2) is 0 Å². The topological polar surface area (TPSA) is 26.0 Å². The highest BCUT2D eigenvalue weighted by Crippen LogP contribution is 2.63. The van der Waals surface area contributed by atoms with Gasteiger partial charge in [0, 0.05) is 6.04 Å². The van der Waals surface area contributed by atoms with Crippen LogP contribution in [0.2, 0.25) is 0 Å². The lowest BCUT2D eigenvalue weighted by Crippen LogP contribution is -2.56. The summed E-state index contributed by atoms with van der Waals surface area (Å²) in [7, 11) is 0. The average Bonchev–Trinajstić information content (AvgIpc) is 2.37. The summed E-state index contributed by atoms with van der Waals surface area (Å²) in [4.78, 5) is 0. The Kier molecular flexibility index (Phi) is 2.79. The van der Waals surface area contributed by atoms with Crippen molar-refractivity contribution in [1.29, 1.82) is 0 Å². The fourth-order valence-electron chi connectivity index (χ4n) is 6.42. The molecule has 20 heavy (non-hydrogen) atoms. The molecule has 0 saturated heterocycles. The molecule has 108 valence electrons. The maximum Gasteiger partial charge on any atom is 0.00440 e. The molecule has 0 amide bonds. The molecule has 3 unspecified atom stereocenters. The summed E-state index contributed by atoms with van der Waals surface area (Å²) in [5.74, 6) is 3.55. The molecule has 4 aliphatic carbocycles. The van der Waals surface area contributed by atoms with E-state index >= 15 is 0 Å². The molecule has 2 N–H and O–H groups in total. The largest absolute Gasteiger partial charge is 0.328 e. The van der Waals surface area contributed by atoms with E-state index in [0.29, 0.717) is 11.5 Å². The van der Waals surface area contributed by atoms with E-state index in [1.165, 1.54) is 37.7 Å². The molecule has 0 aromatic heterocycles. The molecule has 0 aliphatic heterocycles. The number of benzene rings is 1. The molecule has 1 nitrogen and oxygen atoms in total. The maximum atomic E-state index is 6.33. The number of rotatable bonds is 2. The smallest absolute Gasteiger partial charge is 0.00440 e. The van der Waals surface area contributed by atoms with Gasteiger partial charge < -0.3 is 5.73 Å². The van der Waals surface area contributed by atoms with Crippen molar-refractivity contribution in [3.63, 3.8) is 0 Å². The number of hydrogen-bond acceptors (Lipinski definition) is 1. The van der Waals surface area contributed by atoms with Crippen molar-refractivity contribution in [1.82, 2.24) is 0 Å². The lowest BCUT2D eigenvalue weighted by molar-refractivity contribution is -0.0633. The zero-order valence-electron chi connectivity index (χ0n) is 12.8. The van der Waals surface area contributed by atoms with Gasteiger partial charge in [-0.3, -0.25) is 0 Å². The molecule has 4 bridgehead atoms. The molecule has 1 heteroatoms. The molecular weight excluding hydrogens is 242 g/mol. The van der Waals surface area contributed by atoms with Crippen molar-refractivity contribution < 1.29 is 0 Å². The van der Waals surface area contributed by atoms with Crippen molar-refractivity contribution in [3.05, 3.63) is 35.4 Å². The Morgan fingerprint density at radius 2 is 1.75 bits per heavy atom. The molecule has 0 radical (unpaired) electrons. The van der Waals surface area contributed by atoms with Crippen LogP contribution in [0, 0.1) is 30.6 Å². The fraction of sp³-hybridized carbons (Fsp3) is 0.684. The molecule has 0 spiro atoms. The van der Waals surface area contributed by atoms with Gasteiger partial charge in [0.05, 0.1) is 0 Å². The maximum absolute atomic E-state index is 6.33. The summed E-state index contributed by atoms with van der Waals surface area (Å²) >= 11 is 0. The van der Waals surface area contributed by atoms with Gasteiger partial charge in [-0.05, 0) is 86.2 Å². The molecule has 0 heterocycles. The summed E-state index contributed by atoms with van der Waals surface area (Å²) in [6.45, 7) is 4.55. The van der Waals surface area contributed by atoms with Gasteiger partial charge in [-0.25, -0.2) is 0 Å². The fourth-order valence-corrected chi connectivity index (χ4v) is 6.42. The minimum atomic E-state index is 0.388. The summed E-state index contributed by atoms with van der Waals surface area (Å²) in [6, 6.07) is 9.52. The second-order valence-electron chi connectivity index (χ2n) is 8.00. The quantitative estimate of drug-likeness (QED) is 0.861. The third kappa shape index (κ3) is 1.72. The van der Waals surface area contributed by atoms with Gasteiger partial charge in [-0.1, -0.05) is 24.3 Å². The predicted molar refractivity (Wildman–Crippen MR) is 83.6 cm³/mol. The first-order chi connectivity index (χ1) is 9.59. The van der Waals surface area contributed by atoms with Crippen molar-refractivity contribution in [2.45, 2.75) is 57.4 Å². The molecular formula is C19H27N. The Morgan fingerprint density at radius 1 is 1.10 bits per heavy atom. The van der Waals surface area contributed by atoms with Crippen LogP contribution in [0.3, 0.4) is 0 Å². The Bertz CT molecular complexity index is 502. The summed E-state index contributed by atoms with van der Waals surface area (Å²) in [6.07, 6.45) is 7.15. The van der Waals surface area contributed by atoms with Gasteiger partial charge in [-0.2, -0.15) is 0 Å². The second-order valence-corrected chi connectivity index (χ2v) is 8.00. The van der Waals surface area contributed by atoms with Crippen molar-refractivity contribution in [2.75, 3.05) is 0 Å². The van der Waals surface area contributed by atoms with Crippen molar-refractivity contribution in [3.8, 4) is 0 Å². The van der Waals surface area contributed by atoms with Crippen LogP contribution in [0.15, 0.2) is 24.3 Å². The Morgan fingerprint density at radius 3 is 2.35 bits per heavy atom. The first-order valence-electron chi connectivity index (χ1n) is 8.41. The molecule has 3 atom stereocenters. The monoisotopic (exact) mass is 269 g/mol. The highest BCUT2D eigenvalue weighted by Gasteiger charge is 2.56. The minimum absolute atomic E-state index is 0.388. The van der Waals surface area contributed by atoms with E-state index in [1.807, 2.05) is 0 Å². The highest BCUT2D eigenvalue weighted by molar-refractivity contribution is 5.36. The normalized spacial score (nSPS) is 43.8. The van der Waals surface area contributed by atoms with Gasteiger partial charge in [0.2, 0.25) is 0 Å². The lowest BCUT2D eigenvalue weighted by atomic mass is 9.44. The van der Waals surface area contributed by atoms with E-state index < -0.39 is 0 Å². The van der Waals surface area contributed by atoms with Crippen molar-refractivity contribution in [2.24, 2.45) is 29.4 Å². The first kappa shape index (κ1) is 12.9. The van der Waals surface area contributed by atoms with Crippen LogP contribution >= 0.6 is 0 Å². The molecule has 1 aromatic carbocycles. The number of hydrogen-bond donors (Lipinski definition) is 1. The zero-order valence-corrected chi connectivity index (χ0v) is 12.8. The van der Waals surface area contributed by atoms with Crippen LogP contribution in [-0.4, -0.2) is 6.04 Å². The van der Waals surface area contributed by atoms with E-state index in [0.717, 1.165) is 23.7 Å². The molecule has 4 fully saturated rings. The van der Waals surface area contributed by atoms with Gasteiger partial charge >= 0.3 is 0 Å². The molecule has 4 saturated carbocycles. The van der Waals surface area contributed by atoms with Gasteiger partial charge in [0.25, 0.3) is 0 Å². The SMILES string of the molecule is Cc1ccccc1C12CC3CC(C1)C(C(C)N)C(C3)C2. The van der Waals surface area contributed by atoms with E-state index in [1.54, 1.807) is 5.56 Å². The van der Waals surface area contributed by atoms with Crippen LogP contribution in [0.4, 0.5) is 0 Å². The molecule has 5 rings (SSSR count). The average molecular weight is 269 g/mol. The third-order valence-corrected chi connectivity index (χ3v) is 6.67. The summed E-state index contributed by atoms with van der Waals surface area (Å²) in [5.41, 5.74) is 9.98.